The molecule has 1 aliphatic carbocycles. The molecule has 1 aromatic carbocycles. The summed E-state index contributed by atoms with van der Waals surface area (Å²) in [4.78, 5) is 0. The number of hydrogen-bond acceptors (Lipinski definition) is 2. The Hall–Kier alpha value is -0.890. The van der Waals surface area contributed by atoms with Crippen LogP contribution in [0.4, 0.5) is 5.69 Å². The number of methoxy groups -OCH3 is 1. The van der Waals surface area contributed by atoms with Gasteiger partial charge in [-0.1, -0.05) is 38.3 Å². The van der Waals surface area contributed by atoms with Crippen LogP contribution in [0.3, 0.4) is 0 Å². The van der Waals surface area contributed by atoms with E-state index in [-0.39, 0.29) is 0 Å². The van der Waals surface area contributed by atoms with Crippen molar-refractivity contribution in [3.8, 4) is 5.75 Å². The molecule has 1 N–H and O–H groups in total. The SMILES string of the molecule is COc1ccc(Cl)cc1NC1CCCC(C)C1C. The molecule has 1 fully saturated rings. The first-order valence-corrected chi connectivity index (χ1v) is 7.09. The molecular formula is C15H22ClNO. The third kappa shape index (κ3) is 2.92. The van der Waals surface area contributed by atoms with E-state index in [1.807, 2.05) is 18.2 Å². The van der Waals surface area contributed by atoms with Crippen molar-refractivity contribution in [3.05, 3.63) is 23.2 Å². The van der Waals surface area contributed by atoms with Crippen LogP contribution < -0.4 is 10.1 Å². The second-order valence-electron chi connectivity index (χ2n) is 5.36. The minimum atomic E-state index is 0.515. The van der Waals surface area contributed by atoms with Gasteiger partial charge in [-0.15, -0.1) is 0 Å². The topological polar surface area (TPSA) is 21.3 Å². The van der Waals surface area contributed by atoms with E-state index in [0.717, 1.165) is 22.4 Å². The van der Waals surface area contributed by atoms with Gasteiger partial charge >= 0.3 is 0 Å². The van der Waals surface area contributed by atoms with Crippen LogP contribution in [0.5, 0.6) is 5.75 Å². The molecule has 0 amide bonds. The summed E-state index contributed by atoms with van der Waals surface area (Å²) in [6.45, 7) is 4.67. The lowest BCUT2D eigenvalue weighted by Crippen LogP contribution is -2.35. The maximum absolute atomic E-state index is 6.06. The molecule has 1 aliphatic rings. The molecule has 0 saturated heterocycles. The fourth-order valence-corrected chi connectivity index (χ4v) is 2.95. The second-order valence-corrected chi connectivity index (χ2v) is 5.80. The largest absolute Gasteiger partial charge is 0.495 e. The Morgan fingerprint density at radius 3 is 2.78 bits per heavy atom. The molecule has 0 radical (unpaired) electrons. The lowest BCUT2D eigenvalue weighted by Gasteiger charge is -2.35. The zero-order valence-electron chi connectivity index (χ0n) is 11.4. The van der Waals surface area contributed by atoms with Gasteiger partial charge in [-0.2, -0.15) is 0 Å². The van der Waals surface area contributed by atoms with E-state index in [1.165, 1.54) is 19.3 Å². The van der Waals surface area contributed by atoms with Gasteiger partial charge in [-0.25, -0.2) is 0 Å². The highest BCUT2D eigenvalue weighted by Crippen LogP contribution is 2.35. The number of hydrogen-bond donors (Lipinski definition) is 1. The zero-order valence-corrected chi connectivity index (χ0v) is 12.1. The van der Waals surface area contributed by atoms with Gasteiger partial charge in [0.1, 0.15) is 5.75 Å². The molecule has 0 spiro atoms. The van der Waals surface area contributed by atoms with Crippen LogP contribution >= 0.6 is 11.6 Å². The van der Waals surface area contributed by atoms with Crippen LogP contribution in [0.1, 0.15) is 33.1 Å². The number of ether oxygens (including phenoxy) is 1. The van der Waals surface area contributed by atoms with Crippen LogP contribution in [-0.4, -0.2) is 13.2 Å². The Labute approximate surface area is 115 Å². The maximum atomic E-state index is 6.06. The maximum Gasteiger partial charge on any atom is 0.142 e. The summed E-state index contributed by atoms with van der Waals surface area (Å²) in [5, 5.41) is 4.36. The van der Waals surface area contributed by atoms with Crippen molar-refractivity contribution < 1.29 is 4.74 Å². The van der Waals surface area contributed by atoms with Gasteiger partial charge in [-0.3, -0.25) is 0 Å². The van der Waals surface area contributed by atoms with Gasteiger partial charge < -0.3 is 10.1 Å². The molecule has 0 aliphatic heterocycles. The first-order valence-electron chi connectivity index (χ1n) is 6.72. The summed E-state index contributed by atoms with van der Waals surface area (Å²) in [6.07, 6.45) is 3.86. The summed E-state index contributed by atoms with van der Waals surface area (Å²) in [7, 11) is 1.70. The number of halogens is 1. The highest BCUT2D eigenvalue weighted by molar-refractivity contribution is 6.30. The van der Waals surface area contributed by atoms with E-state index in [9.17, 15) is 0 Å². The predicted octanol–water partition coefficient (Wildman–Crippen LogP) is 4.59. The van der Waals surface area contributed by atoms with E-state index in [2.05, 4.69) is 19.2 Å². The number of rotatable bonds is 3. The fraction of sp³-hybridized carbons (Fsp3) is 0.600. The van der Waals surface area contributed by atoms with E-state index in [0.29, 0.717) is 12.0 Å². The van der Waals surface area contributed by atoms with Gasteiger partial charge in [-0.05, 0) is 36.5 Å². The Morgan fingerprint density at radius 2 is 2.06 bits per heavy atom. The molecule has 0 heterocycles. The van der Waals surface area contributed by atoms with Gasteiger partial charge in [0.2, 0.25) is 0 Å². The molecule has 3 atom stereocenters. The Kier molecular flexibility index (Phi) is 4.39. The van der Waals surface area contributed by atoms with Gasteiger partial charge in [0.15, 0.2) is 0 Å². The van der Waals surface area contributed by atoms with Crippen molar-refractivity contribution in [2.45, 2.75) is 39.2 Å². The Bertz CT molecular complexity index is 407. The quantitative estimate of drug-likeness (QED) is 0.865. The summed E-state index contributed by atoms with van der Waals surface area (Å²) in [5.41, 5.74) is 1.01. The zero-order chi connectivity index (χ0) is 13.1. The second kappa shape index (κ2) is 5.83. The molecule has 18 heavy (non-hydrogen) atoms. The summed E-state index contributed by atoms with van der Waals surface area (Å²) in [6, 6.07) is 6.24. The predicted molar refractivity (Wildman–Crippen MR) is 77.6 cm³/mol. The van der Waals surface area contributed by atoms with Crippen molar-refractivity contribution in [2.75, 3.05) is 12.4 Å². The van der Waals surface area contributed by atoms with E-state index in [1.54, 1.807) is 7.11 Å². The third-order valence-electron chi connectivity index (χ3n) is 4.21. The molecule has 1 aromatic rings. The monoisotopic (exact) mass is 267 g/mol. The van der Waals surface area contributed by atoms with E-state index < -0.39 is 0 Å². The molecule has 0 aromatic heterocycles. The minimum absolute atomic E-state index is 0.515. The number of anilines is 1. The molecule has 1 saturated carbocycles. The standard InChI is InChI=1S/C15H22ClNO/c1-10-5-4-6-13(11(10)2)17-14-9-12(16)7-8-15(14)18-3/h7-11,13,17H,4-6H2,1-3H3. The van der Waals surface area contributed by atoms with Crippen LogP contribution in [0.2, 0.25) is 5.02 Å². The first kappa shape index (κ1) is 13.5. The highest BCUT2D eigenvalue weighted by atomic mass is 35.5. The van der Waals surface area contributed by atoms with Crippen molar-refractivity contribution in [2.24, 2.45) is 11.8 Å². The van der Waals surface area contributed by atoms with Gasteiger partial charge in [0.25, 0.3) is 0 Å². The Balaban J connectivity index is 2.15. The average Bonchev–Trinajstić information content (AvgIpc) is 2.35. The minimum Gasteiger partial charge on any atom is -0.495 e. The van der Waals surface area contributed by atoms with Crippen LogP contribution in [0.15, 0.2) is 18.2 Å². The average molecular weight is 268 g/mol. The van der Waals surface area contributed by atoms with E-state index >= 15 is 0 Å². The van der Waals surface area contributed by atoms with Crippen molar-refractivity contribution in [1.29, 1.82) is 0 Å². The van der Waals surface area contributed by atoms with E-state index in [4.69, 9.17) is 16.3 Å². The Morgan fingerprint density at radius 1 is 1.28 bits per heavy atom. The molecule has 2 rings (SSSR count). The smallest absolute Gasteiger partial charge is 0.142 e. The molecular weight excluding hydrogens is 246 g/mol. The van der Waals surface area contributed by atoms with Crippen molar-refractivity contribution >= 4 is 17.3 Å². The highest BCUT2D eigenvalue weighted by Gasteiger charge is 2.27. The lowest BCUT2D eigenvalue weighted by atomic mass is 9.78. The number of nitrogens with one attached hydrogen (secondary N) is 1. The first-order chi connectivity index (χ1) is 8.61. The lowest BCUT2D eigenvalue weighted by molar-refractivity contribution is 0.252. The normalized spacial score (nSPS) is 27.9. The van der Waals surface area contributed by atoms with Crippen LogP contribution in [0, 0.1) is 11.8 Å². The van der Waals surface area contributed by atoms with Crippen molar-refractivity contribution in [1.82, 2.24) is 0 Å². The summed E-state index contributed by atoms with van der Waals surface area (Å²) >= 11 is 6.06. The molecule has 100 valence electrons. The molecule has 3 heteroatoms. The fourth-order valence-electron chi connectivity index (χ4n) is 2.78. The third-order valence-corrected chi connectivity index (χ3v) is 4.44. The van der Waals surface area contributed by atoms with Gasteiger partial charge in [0, 0.05) is 11.1 Å². The number of benzene rings is 1. The summed E-state index contributed by atoms with van der Waals surface area (Å²) < 4.78 is 5.38. The molecule has 0 bridgehead atoms. The summed E-state index contributed by atoms with van der Waals surface area (Å²) in [5.74, 6) is 2.33. The molecule has 2 nitrogen and oxygen atoms in total. The molecule has 3 unspecified atom stereocenters. The van der Waals surface area contributed by atoms with Crippen molar-refractivity contribution in [3.63, 3.8) is 0 Å². The van der Waals surface area contributed by atoms with Crippen LogP contribution in [0.25, 0.3) is 0 Å². The van der Waals surface area contributed by atoms with Crippen LogP contribution in [-0.2, 0) is 0 Å². The van der Waals surface area contributed by atoms with Gasteiger partial charge in [0.05, 0.1) is 12.8 Å².